The zero-order valence-electron chi connectivity index (χ0n) is 18.5. The Morgan fingerprint density at radius 2 is 1.64 bits per heavy atom. The number of fused-ring (bicyclic) bond motifs is 1. The molecule has 170 valence electrons. The van der Waals surface area contributed by atoms with Crippen LogP contribution in [0.25, 0.3) is 22.0 Å². The molecule has 0 atom stereocenters. The molecule has 0 radical (unpaired) electrons. The topological polar surface area (TPSA) is 98.3 Å². The lowest BCUT2D eigenvalue weighted by Gasteiger charge is -2.37. The lowest BCUT2D eigenvalue weighted by molar-refractivity contribution is 0.520. The first-order valence-electron chi connectivity index (χ1n) is 10.7. The first-order valence-corrected chi connectivity index (χ1v) is 12.1. The van der Waals surface area contributed by atoms with Gasteiger partial charge in [-0.15, -0.1) is 0 Å². The van der Waals surface area contributed by atoms with E-state index in [9.17, 15) is 8.42 Å². The highest BCUT2D eigenvalue weighted by Gasteiger charge is 2.22. The molecule has 1 saturated heterocycles. The lowest BCUT2D eigenvalue weighted by atomic mass is 10.1. The second kappa shape index (κ2) is 8.45. The van der Waals surface area contributed by atoms with Crippen molar-refractivity contribution in [1.82, 2.24) is 24.5 Å². The Labute approximate surface area is 192 Å². The van der Waals surface area contributed by atoms with Gasteiger partial charge in [-0.1, -0.05) is 6.07 Å². The van der Waals surface area contributed by atoms with Gasteiger partial charge in [0.25, 0.3) is 0 Å². The molecule has 33 heavy (non-hydrogen) atoms. The molecule has 10 heteroatoms. The third kappa shape index (κ3) is 4.03. The minimum atomic E-state index is -3.42. The molecule has 5 rings (SSSR count). The van der Waals surface area contributed by atoms with E-state index in [4.69, 9.17) is 0 Å². The predicted octanol–water partition coefficient (Wildman–Crippen LogP) is 2.60. The van der Waals surface area contributed by atoms with Crippen LogP contribution in [0.3, 0.4) is 0 Å². The van der Waals surface area contributed by atoms with Gasteiger partial charge in [-0.25, -0.2) is 22.7 Å². The van der Waals surface area contributed by atoms with Crippen molar-refractivity contribution in [3.8, 4) is 11.1 Å². The van der Waals surface area contributed by atoms with Crippen LogP contribution in [-0.2, 0) is 10.0 Å². The third-order valence-electron chi connectivity index (χ3n) is 6.01. The number of anilines is 2. The second-order valence-electron chi connectivity index (χ2n) is 8.17. The van der Waals surface area contributed by atoms with Gasteiger partial charge in [0.05, 0.1) is 16.6 Å². The molecule has 0 amide bonds. The monoisotopic (exact) mass is 463 g/mol. The van der Waals surface area contributed by atoms with Gasteiger partial charge in [0.2, 0.25) is 10.0 Å². The van der Waals surface area contributed by atoms with Crippen LogP contribution in [0.2, 0.25) is 0 Å². The van der Waals surface area contributed by atoms with Crippen LogP contribution in [0, 0.1) is 0 Å². The summed E-state index contributed by atoms with van der Waals surface area (Å²) in [6, 6.07) is 13.3. The van der Waals surface area contributed by atoms with E-state index < -0.39 is 10.0 Å². The summed E-state index contributed by atoms with van der Waals surface area (Å²) in [7, 11) is -0.345. The lowest BCUT2D eigenvalue weighted by Crippen LogP contribution is -2.47. The van der Waals surface area contributed by atoms with Crippen LogP contribution in [-0.4, -0.2) is 73.2 Å². The van der Waals surface area contributed by atoms with E-state index in [2.05, 4.69) is 36.0 Å². The molecule has 2 aromatic carbocycles. The molecule has 1 aliphatic heterocycles. The Hall–Kier alpha value is -3.50. The molecule has 1 aliphatic rings. The van der Waals surface area contributed by atoms with Gasteiger partial charge in [-0.3, -0.25) is 5.10 Å². The predicted molar refractivity (Wildman–Crippen MR) is 129 cm³/mol. The minimum Gasteiger partial charge on any atom is -0.368 e. The standard InChI is InChI=1S/C23H25N7O2S/c1-28(2)33(31,32)20-6-4-19(5-7-20)29-9-11-30(12-10-29)23-21-13-17(18-14-26-27-15-18)3-8-22(21)24-16-25-23/h3-8,13-16H,9-12H2,1-2H3,(H,26,27). The Balaban J connectivity index is 1.35. The molecule has 1 N–H and O–H groups in total. The largest absolute Gasteiger partial charge is 0.368 e. The van der Waals surface area contributed by atoms with Crippen molar-refractivity contribution in [1.29, 1.82) is 0 Å². The van der Waals surface area contributed by atoms with E-state index in [0.29, 0.717) is 4.90 Å². The van der Waals surface area contributed by atoms with E-state index in [1.54, 1.807) is 24.7 Å². The molecule has 0 aliphatic carbocycles. The maximum Gasteiger partial charge on any atom is 0.242 e. The van der Waals surface area contributed by atoms with E-state index in [1.165, 1.54) is 18.4 Å². The average Bonchev–Trinajstić information content (AvgIpc) is 3.39. The number of nitrogens with zero attached hydrogens (tertiary/aromatic N) is 6. The molecule has 0 bridgehead atoms. The van der Waals surface area contributed by atoms with Crippen molar-refractivity contribution < 1.29 is 8.42 Å². The Morgan fingerprint density at radius 3 is 2.30 bits per heavy atom. The van der Waals surface area contributed by atoms with Crippen molar-refractivity contribution in [3.05, 3.63) is 61.2 Å². The first kappa shape index (κ1) is 21.4. The van der Waals surface area contributed by atoms with Crippen LogP contribution in [0.15, 0.2) is 66.1 Å². The van der Waals surface area contributed by atoms with Gasteiger partial charge in [-0.2, -0.15) is 5.10 Å². The van der Waals surface area contributed by atoms with E-state index in [-0.39, 0.29) is 0 Å². The second-order valence-corrected chi connectivity index (χ2v) is 10.3. The zero-order chi connectivity index (χ0) is 23.0. The molecule has 1 fully saturated rings. The highest BCUT2D eigenvalue weighted by atomic mass is 32.2. The van der Waals surface area contributed by atoms with Gasteiger partial charge in [0, 0.05) is 63.1 Å². The first-order chi connectivity index (χ1) is 15.9. The summed E-state index contributed by atoms with van der Waals surface area (Å²) in [6.45, 7) is 3.24. The number of nitrogens with one attached hydrogen (secondary N) is 1. The summed E-state index contributed by atoms with van der Waals surface area (Å²) in [6.07, 6.45) is 5.29. The van der Waals surface area contributed by atoms with Crippen molar-refractivity contribution in [2.24, 2.45) is 0 Å². The van der Waals surface area contributed by atoms with Crippen LogP contribution in [0.1, 0.15) is 0 Å². The Bertz CT molecular complexity index is 1360. The quantitative estimate of drug-likeness (QED) is 0.486. The number of hydrogen-bond donors (Lipinski definition) is 1. The molecular formula is C23H25N7O2S. The number of sulfonamides is 1. The van der Waals surface area contributed by atoms with Crippen LogP contribution >= 0.6 is 0 Å². The van der Waals surface area contributed by atoms with Crippen molar-refractivity contribution in [2.45, 2.75) is 4.90 Å². The van der Waals surface area contributed by atoms with Crippen molar-refractivity contribution in [2.75, 3.05) is 50.1 Å². The highest BCUT2D eigenvalue weighted by molar-refractivity contribution is 7.89. The van der Waals surface area contributed by atoms with Gasteiger partial charge >= 0.3 is 0 Å². The SMILES string of the molecule is CN(C)S(=O)(=O)c1ccc(N2CCN(c3ncnc4ccc(-c5cn[nH]c5)cc34)CC2)cc1. The average molecular weight is 464 g/mol. The molecule has 0 saturated carbocycles. The number of rotatable bonds is 5. The molecule has 2 aromatic heterocycles. The molecule has 0 unspecified atom stereocenters. The highest BCUT2D eigenvalue weighted by Crippen LogP contribution is 2.29. The number of benzene rings is 2. The van der Waals surface area contributed by atoms with Crippen molar-refractivity contribution >= 4 is 32.4 Å². The third-order valence-corrected chi connectivity index (χ3v) is 7.83. The fourth-order valence-electron chi connectivity index (χ4n) is 4.10. The van der Waals surface area contributed by atoms with Gasteiger partial charge < -0.3 is 9.80 Å². The molecule has 3 heterocycles. The summed E-state index contributed by atoms with van der Waals surface area (Å²) in [5.74, 6) is 0.928. The van der Waals surface area contributed by atoms with E-state index in [0.717, 1.165) is 59.7 Å². The summed E-state index contributed by atoms with van der Waals surface area (Å²) in [5, 5.41) is 7.92. The number of piperazine rings is 1. The molecule has 9 nitrogen and oxygen atoms in total. The van der Waals surface area contributed by atoms with Gasteiger partial charge in [0.1, 0.15) is 12.1 Å². The fourth-order valence-corrected chi connectivity index (χ4v) is 5.00. The minimum absolute atomic E-state index is 0.302. The van der Waals surface area contributed by atoms with Gasteiger partial charge in [0.15, 0.2) is 0 Å². The molecule has 4 aromatic rings. The molecular weight excluding hydrogens is 438 g/mol. The summed E-state index contributed by atoms with van der Waals surface area (Å²) >= 11 is 0. The number of H-pyrrole nitrogens is 1. The molecule has 0 spiro atoms. The van der Waals surface area contributed by atoms with Crippen LogP contribution < -0.4 is 9.80 Å². The summed E-state index contributed by atoms with van der Waals surface area (Å²) in [4.78, 5) is 13.9. The maximum atomic E-state index is 12.3. The van der Waals surface area contributed by atoms with E-state index >= 15 is 0 Å². The number of aromatic nitrogens is 4. The normalized spacial score (nSPS) is 14.9. The van der Waals surface area contributed by atoms with Crippen LogP contribution in [0.4, 0.5) is 11.5 Å². The number of hydrogen-bond acceptors (Lipinski definition) is 7. The summed E-state index contributed by atoms with van der Waals surface area (Å²) < 4.78 is 25.9. The number of aromatic amines is 1. The van der Waals surface area contributed by atoms with E-state index in [1.807, 2.05) is 30.5 Å². The fraction of sp³-hybridized carbons (Fsp3) is 0.261. The Morgan fingerprint density at radius 1 is 0.909 bits per heavy atom. The zero-order valence-corrected chi connectivity index (χ0v) is 19.3. The summed E-state index contributed by atoms with van der Waals surface area (Å²) in [5.41, 5.74) is 4.02. The smallest absolute Gasteiger partial charge is 0.242 e. The Kier molecular flexibility index (Phi) is 5.47. The maximum absolute atomic E-state index is 12.3. The van der Waals surface area contributed by atoms with Crippen molar-refractivity contribution in [3.63, 3.8) is 0 Å². The van der Waals surface area contributed by atoms with Gasteiger partial charge in [-0.05, 0) is 42.0 Å². The van der Waals surface area contributed by atoms with Crippen LogP contribution in [0.5, 0.6) is 0 Å².